The summed E-state index contributed by atoms with van der Waals surface area (Å²) in [6.45, 7) is 8.90. The number of nitrogens with zero attached hydrogens (tertiary/aromatic N) is 2. The molecule has 0 N–H and O–H groups in total. The molecule has 1 aliphatic rings. The van der Waals surface area contributed by atoms with Crippen molar-refractivity contribution in [2.45, 2.75) is 20.0 Å². The highest BCUT2D eigenvalue weighted by Gasteiger charge is 2.16. The Morgan fingerprint density at radius 1 is 0.727 bits per heavy atom. The van der Waals surface area contributed by atoms with Crippen molar-refractivity contribution in [1.82, 2.24) is 9.80 Å². The summed E-state index contributed by atoms with van der Waals surface area (Å²) in [5.74, 6) is 0. The van der Waals surface area contributed by atoms with Crippen LogP contribution in [0.3, 0.4) is 0 Å². The fraction of sp³-hybridized carbons (Fsp3) is 0.368. The van der Waals surface area contributed by atoms with Crippen molar-refractivity contribution < 1.29 is 0 Å². The quantitative estimate of drug-likeness (QED) is 0.812. The van der Waals surface area contributed by atoms with Gasteiger partial charge in [-0.3, -0.25) is 9.80 Å². The van der Waals surface area contributed by atoms with Crippen molar-refractivity contribution in [3.63, 3.8) is 0 Å². The smallest absolute Gasteiger partial charge is 0.0234 e. The lowest BCUT2D eigenvalue weighted by molar-refractivity contribution is 0.122. The number of benzene rings is 2. The van der Waals surface area contributed by atoms with Crippen molar-refractivity contribution in [3.05, 3.63) is 69.7 Å². The molecule has 0 amide bonds. The van der Waals surface area contributed by atoms with E-state index in [9.17, 15) is 0 Å². The monoisotopic (exact) mass is 358 g/mol. The van der Waals surface area contributed by atoms with Crippen LogP contribution in [-0.2, 0) is 13.1 Å². The van der Waals surface area contributed by atoms with Crippen LogP contribution in [0, 0.1) is 6.92 Å². The third-order valence-electron chi connectivity index (χ3n) is 4.31. The maximum Gasteiger partial charge on any atom is 0.0234 e. The SMILES string of the molecule is Cc1ccc(CN2CCN(Cc3ccc(Br)cc3)CC2)cc1. The first kappa shape index (κ1) is 15.7. The maximum atomic E-state index is 3.49. The zero-order chi connectivity index (χ0) is 15.4. The average Bonchev–Trinajstić information content (AvgIpc) is 2.54. The van der Waals surface area contributed by atoms with E-state index < -0.39 is 0 Å². The van der Waals surface area contributed by atoms with E-state index in [1.165, 1.54) is 16.7 Å². The Kier molecular flexibility index (Phi) is 5.29. The summed E-state index contributed by atoms with van der Waals surface area (Å²) in [7, 11) is 0. The van der Waals surface area contributed by atoms with Crippen molar-refractivity contribution in [2.75, 3.05) is 26.2 Å². The Balaban J connectivity index is 1.47. The summed E-state index contributed by atoms with van der Waals surface area (Å²) in [4.78, 5) is 5.11. The van der Waals surface area contributed by atoms with Gasteiger partial charge in [0.25, 0.3) is 0 Å². The number of hydrogen-bond donors (Lipinski definition) is 0. The molecule has 1 heterocycles. The van der Waals surface area contributed by atoms with Crippen LogP contribution in [0.25, 0.3) is 0 Å². The average molecular weight is 359 g/mol. The molecular formula is C19H23BrN2. The molecule has 2 nitrogen and oxygen atoms in total. The van der Waals surface area contributed by atoms with Gasteiger partial charge in [-0.15, -0.1) is 0 Å². The van der Waals surface area contributed by atoms with E-state index in [-0.39, 0.29) is 0 Å². The molecule has 0 aromatic heterocycles. The fourth-order valence-electron chi connectivity index (χ4n) is 2.91. The van der Waals surface area contributed by atoms with Gasteiger partial charge < -0.3 is 0 Å². The zero-order valence-corrected chi connectivity index (χ0v) is 14.7. The Morgan fingerprint density at radius 3 is 1.59 bits per heavy atom. The lowest BCUT2D eigenvalue weighted by Crippen LogP contribution is -2.45. The molecule has 2 aromatic carbocycles. The van der Waals surface area contributed by atoms with Gasteiger partial charge in [0.15, 0.2) is 0 Å². The van der Waals surface area contributed by atoms with Crippen LogP contribution in [0.5, 0.6) is 0 Å². The summed E-state index contributed by atoms with van der Waals surface area (Å²) in [6.07, 6.45) is 0. The van der Waals surface area contributed by atoms with E-state index in [1.54, 1.807) is 0 Å². The lowest BCUT2D eigenvalue weighted by Gasteiger charge is -2.34. The number of piperazine rings is 1. The van der Waals surface area contributed by atoms with Gasteiger partial charge in [0.2, 0.25) is 0 Å². The van der Waals surface area contributed by atoms with E-state index in [4.69, 9.17) is 0 Å². The molecule has 3 rings (SSSR count). The molecule has 0 atom stereocenters. The van der Waals surface area contributed by atoms with Crippen LogP contribution in [0.2, 0.25) is 0 Å². The Morgan fingerprint density at radius 2 is 1.14 bits per heavy atom. The Labute approximate surface area is 141 Å². The largest absolute Gasteiger partial charge is 0.297 e. The van der Waals surface area contributed by atoms with Gasteiger partial charge >= 0.3 is 0 Å². The minimum absolute atomic E-state index is 1.06. The first-order valence-electron chi connectivity index (χ1n) is 7.94. The Hall–Kier alpha value is -1.16. The van der Waals surface area contributed by atoms with Gasteiger partial charge in [0.1, 0.15) is 0 Å². The second-order valence-corrected chi connectivity index (χ2v) is 7.08. The summed E-state index contributed by atoms with van der Waals surface area (Å²) in [5, 5.41) is 0. The third kappa shape index (κ3) is 4.42. The predicted octanol–water partition coefficient (Wildman–Crippen LogP) is 4.08. The molecule has 0 spiro atoms. The highest BCUT2D eigenvalue weighted by molar-refractivity contribution is 9.10. The van der Waals surface area contributed by atoms with Gasteiger partial charge in [-0.05, 0) is 30.2 Å². The van der Waals surface area contributed by atoms with E-state index in [0.29, 0.717) is 0 Å². The van der Waals surface area contributed by atoms with E-state index in [0.717, 1.165) is 43.7 Å². The number of aryl methyl sites for hydroxylation is 1. The van der Waals surface area contributed by atoms with Gasteiger partial charge in [0, 0.05) is 43.7 Å². The minimum Gasteiger partial charge on any atom is -0.297 e. The highest BCUT2D eigenvalue weighted by Crippen LogP contribution is 2.14. The molecule has 0 aliphatic carbocycles. The van der Waals surface area contributed by atoms with Crippen LogP contribution in [-0.4, -0.2) is 36.0 Å². The third-order valence-corrected chi connectivity index (χ3v) is 4.84. The molecule has 116 valence electrons. The van der Waals surface area contributed by atoms with Crippen LogP contribution >= 0.6 is 15.9 Å². The summed E-state index contributed by atoms with van der Waals surface area (Å²) < 4.78 is 1.15. The normalized spacial score (nSPS) is 16.8. The molecule has 2 aromatic rings. The highest BCUT2D eigenvalue weighted by atomic mass is 79.9. The van der Waals surface area contributed by atoms with E-state index in [1.807, 2.05) is 0 Å². The van der Waals surface area contributed by atoms with Crippen molar-refractivity contribution in [2.24, 2.45) is 0 Å². The van der Waals surface area contributed by atoms with Crippen molar-refractivity contribution >= 4 is 15.9 Å². The summed E-state index contributed by atoms with van der Waals surface area (Å²) in [6, 6.07) is 17.6. The van der Waals surface area contributed by atoms with Crippen molar-refractivity contribution in [1.29, 1.82) is 0 Å². The molecule has 1 saturated heterocycles. The second-order valence-electron chi connectivity index (χ2n) is 6.16. The molecule has 1 fully saturated rings. The fourth-order valence-corrected chi connectivity index (χ4v) is 3.17. The topological polar surface area (TPSA) is 6.48 Å². The summed E-state index contributed by atoms with van der Waals surface area (Å²) in [5.41, 5.74) is 4.16. The van der Waals surface area contributed by atoms with Crippen LogP contribution in [0.4, 0.5) is 0 Å². The van der Waals surface area contributed by atoms with Gasteiger partial charge in [-0.25, -0.2) is 0 Å². The Bertz CT molecular complexity index is 528. The number of rotatable bonds is 4. The van der Waals surface area contributed by atoms with Crippen LogP contribution < -0.4 is 0 Å². The number of hydrogen-bond acceptors (Lipinski definition) is 2. The van der Waals surface area contributed by atoms with Gasteiger partial charge in [0.05, 0.1) is 0 Å². The van der Waals surface area contributed by atoms with E-state index in [2.05, 4.69) is 81.2 Å². The molecular weight excluding hydrogens is 336 g/mol. The molecule has 0 radical (unpaired) electrons. The van der Waals surface area contributed by atoms with Crippen LogP contribution in [0.15, 0.2) is 53.0 Å². The lowest BCUT2D eigenvalue weighted by atomic mass is 10.1. The number of halogens is 1. The molecule has 0 unspecified atom stereocenters. The van der Waals surface area contributed by atoms with Gasteiger partial charge in [-0.1, -0.05) is 57.9 Å². The first-order chi connectivity index (χ1) is 10.7. The standard InChI is InChI=1S/C19H23BrN2/c1-16-2-4-17(5-3-16)14-21-10-12-22(13-11-21)15-18-6-8-19(20)9-7-18/h2-9H,10-15H2,1H3. The van der Waals surface area contributed by atoms with E-state index >= 15 is 0 Å². The summed E-state index contributed by atoms with van der Waals surface area (Å²) >= 11 is 3.49. The second kappa shape index (κ2) is 7.40. The van der Waals surface area contributed by atoms with Gasteiger partial charge in [-0.2, -0.15) is 0 Å². The van der Waals surface area contributed by atoms with Crippen LogP contribution in [0.1, 0.15) is 16.7 Å². The minimum atomic E-state index is 1.06. The molecule has 1 aliphatic heterocycles. The van der Waals surface area contributed by atoms with Crippen molar-refractivity contribution in [3.8, 4) is 0 Å². The first-order valence-corrected chi connectivity index (χ1v) is 8.73. The molecule has 0 bridgehead atoms. The molecule has 22 heavy (non-hydrogen) atoms. The maximum absolute atomic E-state index is 3.49. The molecule has 3 heteroatoms. The molecule has 0 saturated carbocycles. The zero-order valence-electron chi connectivity index (χ0n) is 13.1. The predicted molar refractivity (Wildman–Crippen MR) is 95.9 cm³/mol.